The van der Waals surface area contributed by atoms with Crippen molar-refractivity contribution in [3.8, 4) is 0 Å². The normalized spacial score (nSPS) is 20.6. The first kappa shape index (κ1) is 23.8. The molecule has 0 saturated heterocycles. The Hall–Kier alpha value is -2.37. The molecule has 1 aliphatic carbocycles. The largest absolute Gasteiger partial charge is 0.462 e. The van der Waals surface area contributed by atoms with E-state index >= 15 is 0 Å². The summed E-state index contributed by atoms with van der Waals surface area (Å²) < 4.78 is 6.48. The van der Waals surface area contributed by atoms with Crippen LogP contribution in [0.2, 0.25) is 5.02 Å². The van der Waals surface area contributed by atoms with Crippen molar-refractivity contribution in [2.45, 2.75) is 45.4 Å². The number of nitrogens with one attached hydrogen (secondary N) is 1. The summed E-state index contributed by atoms with van der Waals surface area (Å²) in [6.45, 7) is 6.22. The van der Waals surface area contributed by atoms with Gasteiger partial charge < -0.3 is 10.1 Å². The van der Waals surface area contributed by atoms with Crippen LogP contribution >= 0.6 is 27.5 Å². The molecule has 4 rings (SSSR count). The van der Waals surface area contributed by atoms with Gasteiger partial charge in [0, 0.05) is 38.8 Å². The monoisotopic (exact) mass is 527 g/mol. The van der Waals surface area contributed by atoms with Gasteiger partial charge in [0.2, 0.25) is 0 Å². The molecule has 2 aromatic rings. The molecule has 1 heterocycles. The Bertz CT molecular complexity index is 1150. The summed E-state index contributed by atoms with van der Waals surface area (Å²) in [6.07, 6.45) is 1.08. The molecule has 0 fully saturated rings. The highest BCUT2D eigenvalue weighted by Crippen LogP contribution is 2.47. The van der Waals surface area contributed by atoms with Gasteiger partial charge in [0.25, 0.3) is 0 Å². The number of esters is 1. The lowest BCUT2D eigenvalue weighted by Crippen LogP contribution is -2.36. The van der Waals surface area contributed by atoms with Gasteiger partial charge in [-0.05, 0) is 54.5 Å². The van der Waals surface area contributed by atoms with Crippen LogP contribution in [0.5, 0.6) is 0 Å². The number of allylic oxidation sites excluding steroid dienone is 3. The molecule has 172 valence electrons. The van der Waals surface area contributed by atoms with Gasteiger partial charge in [-0.3, -0.25) is 4.79 Å². The van der Waals surface area contributed by atoms with Crippen molar-refractivity contribution in [3.63, 3.8) is 0 Å². The van der Waals surface area contributed by atoms with Crippen molar-refractivity contribution < 1.29 is 14.3 Å². The molecule has 1 N–H and O–H groups in total. The fourth-order valence-corrected chi connectivity index (χ4v) is 5.26. The van der Waals surface area contributed by atoms with Gasteiger partial charge in [-0.15, -0.1) is 0 Å². The molecule has 2 atom stereocenters. The van der Waals surface area contributed by atoms with Crippen LogP contribution in [0.25, 0.3) is 0 Å². The van der Waals surface area contributed by atoms with E-state index < -0.39 is 5.92 Å². The van der Waals surface area contributed by atoms with E-state index in [2.05, 4.69) is 21.2 Å². The van der Waals surface area contributed by atoms with Crippen LogP contribution in [0.15, 0.2) is 75.5 Å². The number of hydrogen-bond donors (Lipinski definition) is 1. The molecule has 2 aliphatic rings. The third-order valence-corrected chi connectivity index (χ3v) is 7.13. The number of hydrogen-bond acceptors (Lipinski definition) is 4. The van der Waals surface area contributed by atoms with Gasteiger partial charge in [0.05, 0.1) is 12.2 Å². The second-order valence-corrected chi connectivity index (χ2v) is 10.4. The van der Waals surface area contributed by atoms with Gasteiger partial charge in [0.15, 0.2) is 5.78 Å². The molecular weight excluding hydrogens is 502 g/mol. The Morgan fingerprint density at radius 2 is 1.85 bits per heavy atom. The van der Waals surface area contributed by atoms with Crippen molar-refractivity contribution in [1.82, 2.24) is 5.32 Å². The summed E-state index contributed by atoms with van der Waals surface area (Å²) in [7, 11) is 0. The van der Waals surface area contributed by atoms with E-state index in [0.717, 1.165) is 27.0 Å². The Kier molecular flexibility index (Phi) is 7.10. The van der Waals surface area contributed by atoms with Gasteiger partial charge in [-0.2, -0.15) is 0 Å². The average Bonchev–Trinajstić information content (AvgIpc) is 2.77. The minimum Gasteiger partial charge on any atom is -0.462 e. The van der Waals surface area contributed by atoms with E-state index in [4.69, 9.17) is 16.3 Å². The molecule has 0 amide bonds. The fraction of sp³-hybridized carbons (Fsp3) is 0.333. The summed E-state index contributed by atoms with van der Waals surface area (Å²) in [5.74, 6) is -0.530. The first-order valence-corrected chi connectivity index (χ1v) is 12.3. The number of dihydropyridines is 1. The summed E-state index contributed by atoms with van der Waals surface area (Å²) in [6, 6.07) is 15.4. The quantitative estimate of drug-likeness (QED) is 0.441. The van der Waals surface area contributed by atoms with Crippen molar-refractivity contribution in [1.29, 1.82) is 0 Å². The van der Waals surface area contributed by atoms with Crippen LogP contribution in [-0.2, 0) is 14.3 Å². The lowest BCUT2D eigenvalue weighted by atomic mass is 9.72. The summed E-state index contributed by atoms with van der Waals surface area (Å²) in [5, 5.41) is 4.07. The van der Waals surface area contributed by atoms with E-state index in [1.807, 2.05) is 69.3 Å². The standard InChI is InChI=1S/C27H27BrClNO3/c1-15(2)14-33-27(32)24-16(3)30-22-12-18(17-8-10-19(29)11-9-17)13-23(31)26(22)25(24)20-6-4-5-7-21(20)28/h4-11,15,18,25,30H,12-14H2,1-3H3. The number of carbonyl (C=O) groups is 2. The van der Waals surface area contributed by atoms with E-state index in [0.29, 0.717) is 35.6 Å². The zero-order valence-corrected chi connectivity index (χ0v) is 21.3. The highest BCUT2D eigenvalue weighted by molar-refractivity contribution is 9.10. The predicted octanol–water partition coefficient (Wildman–Crippen LogP) is 6.66. The van der Waals surface area contributed by atoms with Crippen LogP contribution in [0.3, 0.4) is 0 Å². The molecule has 0 radical (unpaired) electrons. The fourth-order valence-electron chi connectivity index (χ4n) is 4.62. The first-order chi connectivity index (χ1) is 15.8. The topological polar surface area (TPSA) is 55.4 Å². The summed E-state index contributed by atoms with van der Waals surface area (Å²) in [5.41, 5.74) is 4.74. The molecule has 6 heteroatoms. The van der Waals surface area contributed by atoms with Crippen LogP contribution in [0.1, 0.15) is 56.6 Å². The number of Topliss-reactive ketones (excluding diaryl/α,β-unsaturated/α-hetero) is 1. The molecule has 0 aromatic heterocycles. The SMILES string of the molecule is CC1=C(C(=O)OCC(C)C)C(c2ccccc2Br)C2=C(CC(c3ccc(Cl)cc3)CC2=O)N1. The maximum atomic E-state index is 13.6. The minimum atomic E-state index is -0.477. The highest BCUT2D eigenvalue weighted by Gasteiger charge is 2.42. The molecule has 33 heavy (non-hydrogen) atoms. The van der Waals surface area contributed by atoms with Gasteiger partial charge in [-0.1, -0.05) is 71.7 Å². The van der Waals surface area contributed by atoms with Crippen molar-refractivity contribution in [2.24, 2.45) is 5.92 Å². The van der Waals surface area contributed by atoms with Crippen molar-refractivity contribution in [2.75, 3.05) is 6.61 Å². The summed E-state index contributed by atoms with van der Waals surface area (Å²) in [4.78, 5) is 26.8. The second-order valence-electron chi connectivity index (χ2n) is 9.08. The smallest absolute Gasteiger partial charge is 0.336 e. The summed E-state index contributed by atoms with van der Waals surface area (Å²) >= 11 is 9.70. The van der Waals surface area contributed by atoms with Crippen LogP contribution in [-0.4, -0.2) is 18.4 Å². The van der Waals surface area contributed by atoms with Crippen LogP contribution in [0, 0.1) is 5.92 Å². The minimum absolute atomic E-state index is 0.0473. The molecular formula is C27H27BrClNO3. The number of halogens is 2. The molecule has 4 nitrogen and oxygen atoms in total. The van der Waals surface area contributed by atoms with Gasteiger partial charge in [0.1, 0.15) is 0 Å². The Balaban J connectivity index is 1.77. The Labute approximate surface area is 208 Å². The zero-order chi connectivity index (χ0) is 23.7. The molecule has 2 aromatic carbocycles. The lowest BCUT2D eigenvalue weighted by Gasteiger charge is -2.37. The molecule has 0 spiro atoms. The maximum Gasteiger partial charge on any atom is 0.336 e. The van der Waals surface area contributed by atoms with Crippen molar-refractivity contribution >= 4 is 39.3 Å². The molecule has 0 saturated carbocycles. The van der Waals surface area contributed by atoms with Gasteiger partial charge >= 0.3 is 5.97 Å². The molecule has 2 unspecified atom stereocenters. The first-order valence-electron chi connectivity index (χ1n) is 11.2. The molecule has 1 aliphatic heterocycles. The van der Waals surface area contributed by atoms with Crippen LogP contribution in [0.4, 0.5) is 0 Å². The number of ether oxygens (including phenoxy) is 1. The maximum absolute atomic E-state index is 13.6. The number of benzene rings is 2. The number of carbonyl (C=O) groups excluding carboxylic acids is 2. The van der Waals surface area contributed by atoms with Crippen molar-refractivity contribution in [3.05, 3.63) is 91.7 Å². The van der Waals surface area contributed by atoms with Crippen LogP contribution < -0.4 is 5.32 Å². The third-order valence-electron chi connectivity index (χ3n) is 6.15. The van der Waals surface area contributed by atoms with Gasteiger partial charge in [-0.25, -0.2) is 4.79 Å². The Morgan fingerprint density at radius 3 is 2.52 bits per heavy atom. The molecule has 0 bridgehead atoms. The predicted molar refractivity (Wildman–Crippen MR) is 134 cm³/mol. The highest BCUT2D eigenvalue weighted by atomic mass is 79.9. The van der Waals surface area contributed by atoms with E-state index in [1.54, 1.807) is 0 Å². The zero-order valence-electron chi connectivity index (χ0n) is 19.0. The average molecular weight is 529 g/mol. The third kappa shape index (κ3) is 4.95. The van der Waals surface area contributed by atoms with E-state index in [9.17, 15) is 9.59 Å². The van der Waals surface area contributed by atoms with E-state index in [-0.39, 0.29) is 23.6 Å². The Morgan fingerprint density at radius 1 is 1.15 bits per heavy atom. The number of ketones is 1. The second kappa shape index (κ2) is 9.86. The number of rotatable bonds is 5. The lowest BCUT2D eigenvalue weighted by molar-refractivity contribution is -0.140. The van der Waals surface area contributed by atoms with E-state index in [1.165, 1.54) is 0 Å².